The molecule has 1 aliphatic rings. The summed E-state index contributed by atoms with van der Waals surface area (Å²) in [5.74, 6) is 1.89. The predicted octanol–water partition coefficient (Wildman–Crippen LogP) is 7.04. The Balaban J connectivity index is 1.46. The van der Waals surface area contributed by atoms with E-state index in [9.17, 15) is 0 Å². The second-order valence-electron chi connectivity index (χ2n) is 6.29. The molecule has 0 N–H and O–H groups in total. The minimum atomic E-state index is 0.229. The summed E-state index contributed by atoms with van der Waals surface area (Å²) in [6, 6.07) is 14.6. The van der Waals surface area contributed by atoms with Crippen molar-refractivity contribution >= 4 is 62.1 Å². The summed E-state index contributed by atoms with van der Waals surface area (Å²) in [6.45, 7) is 0.229. The monoisotopic (exact) mass is 488 g/mol. The summed E-state index contributed by atoms with van der Waals surface area (Å²) >= 11 is 15.6. The number of hydrogen-bond donors (Lipinski definition) is 0. The Hall–Kier alpha value is -2.54. The number of rotatable bonds is 3. The van der Waals surface area contributed by atoms with Gasteiger partial charge in [-0.15, -0.1) is 0 Å². The second-order valence-corrected chi connectivity index (χ2v) is 7.95. The van der Waals surface area contributed by atoms with E-state index in [2.05, 4.69) is 25.9 Å². The topological polar surface area (TPSA) is 56.9 Å². The lowest BCUT2D eigenvalue weighted by Gasteiger charge is -2.01. The minimum Gasteiger partial charge on any atom is -0.454 e. The molecule has 0 aliphatic carbocycles. The van der Waals surface area contributed by atoms with E-state index in [-0.39, 0.29) is 6.79 Å². The Morgan fingerprint density at radius 1 is 0.966 bits per heavy atom. The molecule has 0 unspecified atom stereocenters. The number of oxazole rings is 1. The first-order valence-electron chi connectivity index (χ1n) is 8.56. The highest BCUT2D eigenvalue weighted by molar-refractivity contribution is 9.10. The van der Waals surface area contributed by atoms with Gasteiger partial charge in [0.15, 0.2) is 17.1 Å². The van der Waals surface area contributed by atoms with Gasteiger partial charge in [0, 0.05) is 21.8 Å². The van der Waals surface area contributed by atoms with Crippen LogP contribution in [-0.2, 0) is 0 Å². The Kier molecular flexibility index (Phi) is 4.70. The third-order valence-corrected chi connectivity index (χ3v) is 5.81. The summed E-state index contributed by atoms with van der Waals surface area (Å²) in [5, 5.41) is 0.934. The molecule has 0 amide bonds. The quantitative estimate of drug-likeness (QED) is 0.289. The van der Waals surface area contributed by atoms with Crippen LogP contribution in [-0.4, -0.2) is 18.0 Å². The number of ether oxygens (including phenoxy) is 2. The van der Waals surface area contributed by atoms with E-state index in [4.69, 9.17) is 37.1 Å². The molecule has 144 valence electrons. The van der Waals surface area contributed by atoms with Crippen LogP contribution < -0.4 is 9.47 Å². The van der Waals surface area contributed by atoms with Crippen molar-refractivity contribution in [1.29, 1.82) is 0 Å². The average molecular weight is 490 g/mol. The molecule has 0 saturated carbocycles. The highest BCUT2D eigenvalue weighted by Crippen LogP contribution is 2.36. The van der Waals surface area contributed by atoms with Gasteiger partial charge in [0.1, 0.15) is 5.52 Å². The molecule has 5 nitrogen and oxygen atoms in total. The van der Waals surface area contributed by atoms with E-state index in [1.807, 2.05) is 36.4 Å². The maximum Gasteiger partial charge on any atom is 0.231 e. The van der Waals surface area contributed by atoms with E-state index in [0.29, 0.717) is 38.5 Å². The van der Waals surface area contributed by atoms with Gasteiger partial charge in [-0.25, -0.2) is 4.98 Å². The number of benzene rings is 3. The zero-order valence-electron chi connectivity index (χ0n) is 14.7. The predicted molar refractivity (Wildman–Crippen MR) is 117 cm³/mol. The van der Waals surface area contributed by atoms with Crippen LogP contribution in [0.25, 0.3) is 22.6 Å². The standard InChI is InChI=1S/C21H11BrCl2N2O3/c22-14-8-20-19(27-10-28-20)6-12(14)9-25-13-2-4-18-17(7-13)26-21(29-18)11-1-3-15(23)16(24)5-11/h1-9H,10H2. The molecule has 29 heavy (non-hydrogen) atoms. The molecular formula is C21H11BrCl2N2O3. The molecule has 0 radical (unpaired) electrons. The number of nitrogens with zero attached hydrogens (tertiary/aromatic N) is 2. The van der Waals surface area contributed by atoms with Crippen LogP contribution in [0.2, 0.25) is 10.0 Å². The molecule has 1 aromatic heterocycles. The molecule has 5 rings (SSSR count). The first-order valence-corrected chi connectivity index (χ1v) is 10.1. The second kappa shape index (κ2) is 7.37. The Morgan fingerprint density at radius 2 is 1.79 bits per heavy atom. The largest absolute Gasteiger partial charge is 0.454 e. The van der Waals surface area contributed by atoms with Crippen molar-refractivity contribution in [2.75, 3.05) is 6.79 Å². The van der Waals surface area contributed by atoms with E-state index < -0.39 is 0 Å². The van der Waals surface area contributed by atoms with Crippen LogP contribution in [0, 0.1) is 0 Å². The molecule has 0 bridgehead atoms. The lowest BCUT2D eigenvalue weighted by atomic mass is 10.2. The molecule has 3 aromatic carbocycles. The summed E-state index contributed by atoms with van der Waals surface area (Å²) < 4.78 is 17.5. The number of aliphatic imine (C=N–C) groups is 1. The molecule has 8 heteroatoms. The fourth-order valence-corrected chi connectivity index (χ4v) is 3.65. The Bertz CT molecular complexity index is 1290. The molecule has 0 saturated heterocycles. The van der Waals surface area contributed by atoms with Gasteiger partial charge < -0.3 is 13.9 Å². The van der Waals surface area contributed by atoms with Crippen LogP contribution >= 0.6 is 39.1 Å². The van der Waals surface area contributed by atoms with Crippen molar-refractivity contribution in [3.8, 4) is 23.0 Å². The van der Waals surface area contributed by atoms with Gasteiger partial charge in [-0.1, -0.05) is 23.2 Å². The fourth-order valence-electron chi connectivity index (χ4n) is 2.92. The number of halogens is 3. The molecule has 4 aromatic rings. The number of hydrogen-bond acceptors (Lipinski definition) is 5. The summed E-state index contributed by atoms with van der Waals surface area (Å²) in [7, 11) is 0. The number of aromatic nitrogens is 1. The lowest BCUT2D eigenvalue weighted by molar-refractivity contribution is 0.174. The zero-order chi connectivity index (χ0) is 20.0. The van der Waals surface area contributed by atoms with Gasteiger partial charge in [0.05, 0.1) is 15.7 Å². The molecule has 1 aliphatic heterocycles. The maximum absolute atomic E-state index is 6.09. The molecule has 0 fully saturated rings. The minimum absolute atomic E-state index is 0.229. The zero-order valence-corrected chi connectivity index (χ0v) is 17.8. The van der Waals surface area contributed by atoms with Crippen LogP contribution in [0.15, 0.2) is 62.4 Å². The van der Waals surface area contributed by atoms with Crippen molar-refractivity contribution in [3.05, 3.63) is 68.6 Å². The van der Waals surface area contributed by atoms with Crippen LogP contribution in [0.1, 0.15) is 5.56 Å². The Morgan fingerprint density at radius 3 is 2.62 bits per heavy atom. The molecular weight excluding hydrogens is 479 g/mol. The number of fused-ring (bicyclic) bond motifs is 2. The van der Waals surface area contributed by atoms with Crippen LogP contribution in [0.5, 0.6) is 11.5 Å². The average Bonchev–Trinajstić information content (AvgIpc) is 3.34. The maximum atomic E-state index is 6.09. The van der Waals surface area contributed by atoms with E-state index in [0.717, 1.165) is 21.3 Å². The van der Waals surface area contributed by atoms with Crippen molar-refractivity contribution in [2.24, 2.45) is 4.99 Å². The van der Waals surface area contributed by atoms with Crippen molar-refractivity contribution < 1.29 is 13.9 Å². The third-order valence-electron chi connectivity index (χ3n) is 4.38. The van der Waals surface area contributed by atoms with Gasteiger partial charge in [0.2, 0.25) is 12.7 Å². The van der Waals surface area contributed by atoms with Gasteiger partial charge in [0.25, 0.3) is 0 Å². The van der Waals surface area contributed by atoms with Gasteiger partial charge in [-0.3, -0.25) is 4.99 Å². The van der Waals surface area contributed by atoms with Gasteiger partial charge >= 0.3 is 0 Å². The third kappa shape index (κ3) is 3.59. The SMILES string of the molecule is Clc1ccc(-c2nc3cc(N=Cc4cc5c(cc4Br)OCO5)ccc3o2)cc1Cl. The van der Waals surface area contributed by atoms with Crippen LogP contribution in [0.4, 0.5) is 5.69 Å². The van der Waals surface area contributed by atoms with E-state index in [1.165, 1.54) is 0 Å². The lowest BCUT2D eigenvalue weighted by Crippen LogP contribution is -1.92. The van der Waals surface area contributed by atoms with E-state index in [1.54, 1.807) is 18.3 Å². The molecule has 2 heterocycles. The highest BCUT2D eigenvalue weighted by atomic mass is 79.9. The summed E-state index contributed by atoms with van der Waals surface area (Å²) in [5.41, 5.74) is 3.74. The van der Waals surface area contributed by atoms with Gasteiger partial charge in [-0.2, -0.15) is 0 Å². The normalized spacial score (nSPS) is 12.9. The van der Waals surface area contributed by atoms with Crippen molar-refractivity contribution in [1.82, 2.24) is 4.98 Å². The summed E-state index contributed by atoms with van der Waals surface area (Å²) in [6.07, 6.45) is 1.76. The first-order chi connectivity index (χ1) is 14.1. The van der Waals surface area contributed by atoms with Crippen molar-refractivity contribution in [2.45, 2.75) is 0 Å². The first kappa shape index (κ1) is 18.5. The molecule has 0 atom stereocenters. The molecule has 0 spiro atoms. The summed E-state index contributed by atoms with van der Waals surface area (Å²) in [4.78, 5) is 9.10. The fraction of sp³-hybridized carbons (Fsp3) is 0.0476. The Labute approximate surface area is 184 Å². The highest BCUT2D eigenvalue weighted by Gasteiger charge is 2.15. The van der Waals surface area contributed by atoms with Crippen molar-refractivity contribution in [3.63, 3.8) is 0 Å². The smallest absolute Gasteiger partial charge is 0.231 e. The van der Waals surface area contributed by atoms with Gasteiger partial charge in [-0.05, 0) is 64.5 Å². The van der Waals surface area contributed by atoms with E-state index >= 15 is 0 Å². The van der Waals surface area contributed by atoms with Crippen LogP contribution in [0.3, 0.4) is 0 Å².